The van der Waals surface area contributed by atoms with Gasteiger partial charge in [-0.2, -0.15) is 0 Å². The molecule has 0 aliphatic rings. The van der Waals surface area contributed by atoms with Crippen molar-refractivity contribution in [2.75, 3.05) is 16.4 Å². The lowest BCUT2D eigenvalue weighted by Gasteiger charge is -2.13. The fraction of sp³-hybridized carbons (Fsp3) is 0.381. The van der Waals surface area contributed by atoms with Crippen molar-refractivity contribution < 1.29 is 14.3 Å². The van der Waals surface area contributed by atoms with Gasteiger partial charge in [0.25, 0.3) is 0 Å². The molecule has 0 bridgehead atoms. The van der Waals surface area contributed by atoms with E-state index < -0.39 is 5.82 Å². The van der Waals surface area contributed by atoms with Gasteiger partial charge in [-0.15, -0.1) is 0 Å². The van der Waals surface area contributed by atoms with Gasteiger partial charge in [0.15, 0.2) is 5.82 Å². The molecule has 0 aromatic heterocycles. The van der Waals surface area contributed by atoms with Crippen molar-refractivity contribution in [2.24, 2.45) is 0 Å². The van der Waals surface area contributed by atoms with Gasteiger partial charge in [-0.1, -0.05) is 44.7 Å². The monoisotopic (exact) mass is 373 g/mol. The van der Waals surface area contributed by atoms with Crippen molar-refractivity contribution in [3.8, 4) is 5.75 Å². The molecule has 0 saturated heterocycles. The number of carbonyl (C=O) groups excluding carboxylic acids is 1. The van der Waals surface area contributed by atoms with Gasteiger partial charge in [-0.05, 0) is 36.2 Å². The third-order valence-corrected chi connectivity index (χ3v) is 4.38. The van der Waals surface area contributed by atoms with Crippen LogP contribution in [0.25, 0.3) is 0 Å². The minimum absolute atomic E-state index is 0.0787. The molecule has 2 aromatic rings. The molecule has 5 N–H and O–H groups in total. The predicted octanol–water partition coefficient (Wildman–Crippen LogP) is 5.02. The largest absolute Gasteiger partial charge is 0.508 e. The van der Waals surface area contributed by atoms with Gasteiger partial charge in [-0.3, -0.25) is 4.79 Å². The molecule has 5 nitrogen and oxygen atoms in total. The molecule has 0 heterocycles. The summed E-state index contributed by atoms with van der Waals surface area (Å²) in [5, 5.41) is 14.9. The average molecular weight is 373 g/mol. The maximum Gasteiger partial charge on any atom is 0.224 e. The number of nitrogens with one attached hydrogen (secondary N) is 2. The first-order valence-corrected chi connectivity index (χ1v) is 9.41. The number of carbonyl (C=O) groups is 1. The lowest BCUT2D eigenvalue weighted by atomic mass is 10.1. The van der Waals surface area contributed by atoms with Crippen molar-refractivity contribution in [3.05, 3.63) is 47.8 Å². The molecule has 0 unspecified atom stereocenters. The number of unbranched alkanes of at least 4 members (excludes halogenated alkanes) is 4. The standard InChI is InChI=1S/C21H28FN3O2/c1-2-3-4-5-6-7-19(27)25-18-13-12-17(20(22)21(18)23)24-14-15-8-10-16(26)11-9-15/h8-13,24,26H,2-7,14,23H2,1H3,(H,25,27). The average Bonchev–Trinajstić information content (AvgIpc) is 2.66. The van der Waals surface area contributed by atoms with E-state index in [-0.39, 0.29) is 23.0 Å². The molecule has 0 saturated carbocycles. The van der Waals surface area contributed by atoms with E-state index in [0.717, 1.165) is 31.2 Å². The second kappa shape index (κ2) is 10.4. The predicted molar refractivity (Wildman–Crippen MR) is 108 cm³/mol. The van der Waals surface area contributed by atoms with Crippen LogP contribution in [0.3, 0.4) is 0 Å². The van der Waals surface area contributed by atoms with Crippen LogP contribution in [0.15, 0.2) is 36.4 Å². The van der Waals surface area contributed by atoms with Gasteiger partial charge in [0.05, 0.1) is 17.1 Å². The molecule has 2 aromatic carbocycles. The zero-order valence-corrected chi connectivity index (χ0v) is 15.7. The van der Waals surface area contributed by atoms with E-state index in [1.54, 1.807) is 36.4 Å². The van der Waals surface area contributed by atoms with Crippen LogP contribution in [-0.4, -0.2) is 11.0 Å². The number of anilines is 3. The first kappa shape index (κ1) is 20.6. The summed E-state index contributed by atoms with van der Waals surface area (Å²) in [7, 11) is 0. The van der Waals surface area contributed by atoms with E-state index in [0.29, 0.717) is 18.7 Å². The Bertz CT molecular complexity index is 748. The van der Waals surface area contributed by atoms with Crippen molar-refractivity contribution in [1.82, 2.24) is 0 Å². The van der Waals surface area contributed by atoms with Crippen LogP contribution >= 0.6 is 0 Å². The summed E-state index contributed by atoms with van der Waals surface area (Å²) in [5.74, 6) is -0.559. The lowest BCUT2D eigenvalue weighted by Crippen LogP contribution is -2.14. The molecule has 0 aliphatic heterocycles. The summed E-state index contributed by atoms with van der Waals surface area (Å²) in [4.78, 5) is 12.0. The highest BCUT2D eigenvalue weighted by molar-refractivity contribution is 5.94. The highest BCUT2D eigenvalue weighted by Crippen LogP contribution is 2.28. The third kappa shape index (κ3) is 6.47. The molecule has 0 fully saturated rings. The zero-order valence-electron chi connectivity index (χ0n) is 15.7. The van der Waals surface area contributed by atoms with Crippen LogP contribution in [0.5, 0.6) is 5.75 Å². The Morgan fingerprint density at radius 2 is 1.70 bits per heavy atom. The minimum Gasteiger partial charge on any atom is -0.508 e. The van der Waals surface area contributed by atoms with Gasteiger partial charge < -0.3 is 21.5 Å². The highest BCUT2D eigenvalue weighted by Gasteiger charge is 2.13. The van der Waals surface area contributed by atoms with Crippen LogP contribution in [0.4, 0.5) is 21.5 Å². The number of nitrogen functional groups attached to an aromatic ring is 1. The summed E-state index contributed by atoms with van der Waals surface area (Å²) < 4.78 is 14.5. The van der Waals surface area contributed by atoms with Gasteiger partial charge in [-0.25, -0.2) is 4.39 Å². The summed E-state index contributed by atoms with van der Waals surface area (Å²) in [6, 6.07) is 9.80. The number of aromatic hydroxyl groups is 1. The minimum atomic E-state index is -0.588. The maximum atomic E-state index is 14.5. The Balaban J connectivity index is 1.89. The number of halogens is 1. The van der Waals surface area contributed by atoms with Crippen LogP contribution in [0.1, 0.15) is 51.0 Å². The number of amides is 1. The van der Waals surface area contributed by atoms with Crippen LogP contribution in [-0.2, 0) is 11.3 Å². The molecule has 2 rings (SSSR count). The van der Waals surface area contributed by atoms with Crippen LogP contribution in [0.2, 0.25) is 0 Å². The highest BCUT2D eigenvalue weighted by atomic mass is 19.1. The molecule has 0 atom stereocenters. The Kier molecular flexibility index (Phi) is 7.92. The molecule has 0 spiro atoms. The fourth-order valence-corrected chi connectivity index (χ4v) is 2.75. The normalized spacial score (nSPS) is 10.6. The number of hydrogen-bond acceptors (Lipinski definition) is 4. The number of rotatable bonds is 10. The Hall–Kier alpha value is -2.76. The number of phenols is 1. The van der Waals surface area contributed by atoms with Crippen molar-refractivity contribution in [2.45, 2.75) is 52.0 Å². The summed E-state index contributed by atoms with van der Waals surface area (Å²) in [6.45, 7) is 2.54. The Morgan fingerprint density at radius 1 is 1.04 bits per heavy atom. The molecular formula is C21H28FN3O2. The van der Waals surface area contributed by atoms with E-state index in [1.165, 1.54) is 6.42 Å². The van der Waals surface area contributed by atoms with Crippen LogP contribution in [0, 0.1) is 5.82 Å². The topological polar surface area (TPSA) is 87.4 Å². The molecule has 1 amide bonds. The molecular weight excluding hydrogens is 345 g/mol. The van der Waals surface area contributed by atoms with Gasteiger partial charge in [0.2, 0.25) is 5.91 Å². The maximum absolute atomic E-state index is 14.5. The van der Waals surface area contributed by atoms with E-state index in [9.17, 15) is 14.3 Å². The second-order valence-corrected chi connectivity index (χ2v) is 6.62. The molecule has 0 aliphatic carbocycles. The van der Waals surface area contributed by atoms with Gasteiger partial charge in [0, 0.05) is 13.0 Å². The smallest absolute Gasteiger partial charge is 0.224 e. The first-order valence-electron chi connectivity index (χ1n) is 9.41. The summed E-state index contributed by atoms with van der Waals surface area (Å²) in [6.07, 6.45) is 5.72. The summed E-state index contributed by atoms with van der Waals surface area (Å²) >= 11 is 0. The number of nitrogens with two attached hydrogens (primary N) is 1. The second-order valence-electron chi connectivity index (χ2n) is 6.62. The van der Waals surface area contributed by atoms with Crippen LogP contribution < -0.4 is 16.4 Å². The first-order chi connectivity index (χ1) is 13.0. The van der Waals surface area contributed by atoms with Gasteiger partial charge in [0.1, 0.15) is 5.75 Å². The summed E-state index contributed by atoms with van der Waals surface area (Å²) in [5.41, 5.74) is 7.22. The van der Waals surface area contributed by atoms with E-state index >= 15 is 0 Å². The van der Waals surface area contributed by atoms with E-state index in [2.05, 4.69) is 17.6 Å². The SMILES string of the molecule is CCCCCCCC(=O)Nc1ccc(NCc2ccc(O)cc2)c(F)c1N. The zero-order chi connectivity index (χ0) is 19.6. The number of phenolic OH excluding ortho intramolecular Hbond substituents is 1. The molecule has 27 heavy (non-hydrogen) atoms. The lowest BCUT2D eigenvalue weighted by molar-refractivity contribution is -0.116. The van der Waals surface area contributed by atoms with E-state index in [4.69, 9.17) is 5.73 Å². The van der Waals surface area contributed by atoms with Gasteiger partial charge >= 0.3 is 0 Å². The molecule has 6 heteroatoms. The molecule has 146 valence electrons. The fourth-order valence-electron chi connectivity index (χ4n) is 2.75. The van der Waals surface area contributed by atoms with Crippen molar-refractivity contribution >= 4 is 23.0 Å². The number of benzene rings is 2. The van der Waals surface area contributed by atoms with Crippen molar-refractivity contribution in [3.63, 3.8) is 0 Å². The Morgan fingerprint density at radius 3 is 2.41 bits per heavy atom. The Labute approximate surface area is 159 Å². The van der Waals surface area contributed by atoms with E-state index in [1.807, 2.05) is 0 Å². The number of hydrogen-bond donors (Lipinski definition) is 4. The third-order valence-electron chi connectivity index (χ3n) is 4.38. The quantitative estimate of drug-likeness (QED) is 0.348. The molecule has 0 radical (unpaired) electrons. The van der Waals surface area contributed by atoms with Crippen molar-refractivity contribution in [1.29, 1.82) is 0 Å².